The summed E-state index contributed by atoms with van der Waals surface area (Å²) in [6, 6.07) is 20.6. The monoisotopic (exact) mass is 550 g/mol. The SMILES string of the molecule is COCc1nn2c(-c3ccnc4ccccc34)cnc2cc1-c1ccc(N2CCN(C(=O)OC(C)(C)C)CC2)cc1. The van der Waals surface area contributed by atoms with E-state index >= 15 is 0 Å². The molecule has 1 aliphatic heterocycles. The Morgan fingerprint density at radius 2 is 1.68 bits per heavy atom. The van der Waals surface area contributed by atoms with Crippen LogP contribution >= 0.6 is 0 Å². The Bertz CT molecular complexity index is 1690. The number of pyridine rings is 1. The lowest BCUT2D eigenvalue weighted by Gasteiger charge is -2.36. The van der Waals surface area contributed by atoms with Crippen LogP contribution in [0.3, 0.4) is 0 Å². The molecule has 1 saturated heterocycles. The van der Waals surface area contributed by atoms with Crippen LogP contribution in [0.5, 0.6) is 0 Å². The summed E-state index contributed by atoms with van der Waals surface area (Å²) < 4.78 is 13.0. The van der Waals surface area contributed by atoms with Gasteiger partial charge in [0.05, 0.1) is 29.7 Å². The number of methoxy groups -OCH3 is 1. The van der Waals surface area contributed by atoms with Gasteiger partial charge in [-0.2, -0.15) is 5.10 Å². The van der Waals surface area contributed by atoms with E-state index in [1.807, 2.05) is 61.9 Å². The fourth-order valence-electron chi connectivity index (χ4n) is 5.27. The third-order valence-corrected chi connectivity index (χ3v) is 7.25. The lowest BCUT2D eigenvalue weighted by atomic mass is 10.0. The van der Waals surface area contributed by atoms with Gasteiger partial charge in [0.25, 0.3) is 0 Å². The first-order valence-electron chi connectivity index (χ1n) is 13.8. The van der Waals surface area contributed by atoms with Crippen LogP contribution in [0.4, 0.5) is 10.5 Å². The summed E-state index contributed by atoms with van der Waals surface area (Å²) in [5.41, 5.74) is 7.11. The number of hydrogen-bond donors (Lipinski definition) is 0. The van der Waals surface area contributed by atoms with Crippen LogP contribution in [0.25, 0.3) is 38.9 Å². The molecule has 0 radical (unpaired) electrons. The lowest BCUT2D eigenvalue weighted by Crippen LogP contribution is -2.50. The van der Waals surface area contributed by atoms with Gasteiger partial charge < -0.3 is 19.3 Å². The molecule has 0 N–H and O–H groups in total. The molecule has 5 aromatic rings. The molecule has 41 heavy (non-hydrogen) atoms. The number of rotatable bonds is 5. The largest absolute Gasteiger partial charge is 0.444 e. The Kier molecular flexibility index (Phi) is 7.05. The van der Waals surface area contributed by atoms with E-state index in [2.05, 4.69) is 46.3 Å². The summed E-state index contributed by atoms with van der Waals surface area (Å²) in [5.74, 6) is 0. The second kappa shape index (κ2) is 10.8. The van der Waals surface area contributed by atoms with E-state index < -0.39 is 5.60 Å². The highest BCUT2D eigenvalue weighted by molar-refractivity contribution is 5.93. The Morgan fingerprint density at radius 1 is 0.927 bits per heavy atom. The highest BCUT2D eigenvalue weighted by Crippen LogP contribution is 2.31. The summed E-state index contributed by atoms with van der Waals surface area (Å²) >= 11 is 0. The van der Waals surface area contributed by atoms with Crippen molar-refractivity contribution in [3.8, 4) is 22.4 Å². The number of piperazine rings is 1. The summed E-state index contributed by atoms with van der Waals surface area (Å²) in [6.45, 7) is 8.80. The van der Waals surface area contributed by atoms with Gasteiger partial charge >= 0.3 is 6.09 Å². The minimum Gasteiger partial charge on any atom is -0.444 e. The van der Waals surface area contributed by atoms with Gasteiger partial charge in [-0.1, -0.05) is 30.3 Å². The Morgan fingerprint density at radius 3 is 2.41 bits per heavy atom. The molecule has 9 nitrogen and oxygen atoms in total. The van der Waals surface area contributed by atoms with Crippen molar-refractivity contribution in [3.05, 3.63) is 78.8 Å². The van der Waals surface area contributed by atoms with Crippen molar-refractivity contribution < 1.29 is 14.3 Å². The number of carbonyl (C=O) groups is 1. The van der Waals surface area contributed by atoms with Gasteiger partial charge in [0.2, 0.25) is 0 Å². The van der Waals surface area contributed by atoms with Gasteiger partial charge in [-0.05, 0) is 56.7 Å². The third-order valence-electron chi connectivity index (χ3n) is 7.25. The quantitative estimate of drug-likeness (QED) is 0.273. The molecular weight excluding hydrogens is 516 g/mol. The maximum atomic E-state index is 12.4. The van der Waals surface area contributed by atoms with E-state index in [9.17, 15) is 4.79 Å². The molecule has 0 atom stereocenters. The predicted octanol–water partition coefficient (Wildman–Crippen LogP) is 5.82. The van der Waals surface area contributed by atoms with E-state index in [-0.39, 0.29) is 6.09 Å². The Hall–Kier alpha value is -4.50. The van der Waals surface area contributed by atoms with E-state index in [0.717, 1.165) is 63.4 Å². The van der Waals surface area contributed by atoms with Crippen molar-refractivity contribution in [2.45, 2.75) is 33.0 Å². The van der Waals surface area contributed by atoms with Crippen LogP contribution in [0.15, 0.2) is 73.1 Å². The smallest absolute Gasteiger partial charge is 0.410 e. The van der Waals surface area contributed by atoms with Crippen LogP contribution in [0.1, 0.15) is 26.5 Å². The van der Waals surface area contributed by atoms with Crippen molar-refractivity contribution in [3.63, 3.8) is 0 Å². The maximum absolute atomic E-state index is 12.4. The van der Waals surface area contributed by atoms with E-state index in [0.29, 0.717) is 19.7 Å². The van der Waals surface area contributed by atoms with Crippen LogP contribution in [-0.4, -0.2) is 69.5 Å². The zero-order chi connectivity index (χ0) is 28.6. The molecule has 0 aliphatic carbocycles. The second-order valence-corrected chi connectivity index (χ2v) is 11.2. The number of carbonyl (C=O) groups excluding carboxylic acids is 1. The highest BCUT2D eigenvalue weighted by Gasteiger charge is 2.26. The Labute approximate surface area is 239 Å². The Balaban J connectivity index is 1.26. The molecule has 2 aromatic carbocycles. The molecule has 3 aromatic heterocycles. The van der Waals surface area contributed by atoms with Gasteiger partial charge in [0, 0.05) is 61.7 Å². The van der Waals surface area contributed by atoms with Crippen LogP contribution in [0.2, 0.25) is 0 Å². The molecule has 6 rings (SSSR count). The van der Waals surface area contributed by atoms with Crippen molar-refractivity contribution in [2.75, 3.05) is 38.2 Å². The number of benzene rings is 2. The second-order valence-electron chi connectivity index (χ2n) is 11.2. The molecule has 1 fully saturated rings. The highest BCUT2D eigenvalue weighted by atomic mass is 16.6. The number of ether oxygens (including phenoxy) is 2. The fraction of sp³-hybridized carbons (Fsp3) is 0.312. The molecule has 0 bridgehead atoms. The molecule has 1 amide bonds. The molecule has 0 spiro atoms. The number of nitrogens with zero attached hydrogens (tertiary/aromatic N) is 6. The molecule has 1 aliphatic rings. The maximum Gasteiger partial charge on any atom is 0.410 e. The first kappa shape index (κ1) is 26.7. The number of fused-ring (bicyclic) bond motifs is 2. The zero-order valence-corrected chi connectivity index (χ0v) is 23.9. The zero-order valence-electron chi connectivity index (χ0n) is 23.9. The normalized spacial score (nSPS) is 14.1. The molecule has 4 heterocycles. The van der Waals surface area contributed by atoms with Crippen molar-refractivity contribution >= 4 is 28.3 Å². The molecule has 9 heteroatoms. The van der Waals surface area contributed by atoms with Crippen molar-refractivity contribution in [1.29, 1.82) is 0 Å². The van der Waals surface area contributed by atoms with E-state index in [1.165, 1.54) is 0 Å². The first-order valence-corrected chi connectivity index (χ1v) is 13.8. The average molecular weight is 551 g/mol. The van der Waals surface area contributed by atoms with Gasteiger partial charge in [-0.3, -0.25) is 4.98 Å². The minimum atomic E-state index is -0.491. The molecule has 0 unspecified atom stereocenters. The van der Waals surface area contributed by atoms with Crippen LogP contribution < -0.4 is 4.90 Å². The summed E-state index contributed by atoms with van der Waals surface area (Å²) in [7, 11) is 1.68. The van der Waals surface area contributed by atoms with Crippen LogP contribution in [0, 0.1) is 0 Å². The van der Waals surface area contributed by atoms with Gasteiger partial charge in [0.15, 0.2) is 5.65 Å². The number of hydrogen-bond acceptors (Lipinski definition) is 7. The molecule has 210 valence electrons. The molecule has 0 saturated carbocycles. The average Bonchev–Trinajstić information content (AvgIpc) is 3.38. The topological polar surface area (TPSA) is 85.1 Å². The third kappa shape index (κ3) is 5.45. The van der Waals surface area contributed by atoms with Crippen molar-refractivity contribution in [1.82, 2.24) is 24.5 Å². The van der Waals surface area contributed by atoms with Gasteiger partial charge in [0.1, 0.15) is 5.60 Å². The van der Waals surface area contributed by atoms with Gasteiger partial charge in [-0.15, -0.1) is 0 Å². The standard InChI is InChI=1S/C32H34N6O3/c1-32(2,3)41-31(39)37-17-15-36(16-18-37)23-11-9-22(10-12-23)26-19-30-34-20-29(38(30)35-28(26)21-40-4)25-13-14-33-27-8-6-5-7-24(25)27/h5-14,19-20H,15-18,21H2,1-4H3. The van der Waals surface area contributed by atoms with Crippen molar-refractivity contribution in [2.24, 2.45) is 0 Å². The number of aromatic nitrogens is 4. The summed E-state index contributed by atoms with van der Waals surface area (Å²) in [5, 5.41) is 6.05. The predicted molar refractivity (Wildman–Crippen MR) is 160 cm³/mol. The number of para-hydroxylation sites is 1. The summed E-state index contributed by atoms with van der Waals surface area (Å²) in [6.07, 6.45) is 3.44. The minimum absolute atomic E-state index is 0.250. The molecular formula is C32H34N6O3. The number of imidazole rings is 1. The lowest BCUT2D eigenvalue weighted by molar-refractivity contribution is 0.0240. The van der Waals surface area contributed by atoms with E-state index in [1.54, 1.807) is 12.0 Å². The summed E-state index contributed by atoms with van der Waals surface area (Å²) in [4.78, 5) is 25.7. The van der Waals surface area contributed by atoms with E-state index in [4.69, 9.17) is 19.6 Å². The number of anilines is 1. The first-order chi connectivity index (χ1) is 19.8. The fourth-order valence-corrected chi connectivity index (χ4v) is 5.27. The van der Waals surface area contributed by atoms with Gasteiger partial charge in [-0.25, -0.2) is 14.3 Å². The number of amides is 1. The van der Waals surface area contributed by atoms with Crippen LogP contribution in [-0.2, 0) is 16.1 Å².